The fraction of sp³-hybridized carbons (Fsp3) is 0.455. The molecule has 0 fully saturated rings. The number of methoxy groups -OCH3 is 1. The van der Waals surface area contributed by atoms with Crippen LogP contribution >= 0.6 is 0 Å². The van der Waals surface area contributed by atoms with Gasteiger partial charge in [0, 0.05) is 33.0 Å². The van der Waals surface area contributed by atoms with Gasteiger partial charge in [-0.25, -0.2) is 0 Å². The van der Waals surface area contributed by atoms with Gasteiger partial charge >= 0.3 is 0 Å². The molecule has 0 spiro atoms. The summed E-state index contributed by atoms with van der Waals surface area (Å²) in [7, 11) is 3.28. The number of aromatic nitrogens is 2. The van der Waals surface area contributed by atoms with Crippen LogP contribution in [0.3, 0.4) is 0 Å². The summed E-state index contributed by atoms with van der Waals surface area (Å²) in [5.74, 6) is -0.263. The Labute approximate surface area is 99.9 Å². The molecule has 0 aliphatic carbocycles. The molecule has 6 heteroatoms. The van der Waals surface area contributed by atoms with E-state index in [1.165, 1.54) is 13.2 Å². The van der Waals surface area contributed by atoms with Crippen LogP contribution in [0.1, 0.15) is 5.69 Å². The van der Waals surface area contributed by atoms with Crippen molar-refractivity contribution in [3.8, 4) is 0 Å². The summed E-state index contributed by atoms with van der Waals surface area (Å²) in [6, 6.07) is 1.80. The highest BCUT2D eigenvalue weighted by Gasteiger charge is 2.04. The number of ether oxygens (including phenoxy) is 1. The van der Waals surface area contributed by atoms with Crippen molar-refractivity contribution in [3.63, 3.8) is 0 Å². The molecule has 1 aromatic rings. The molecule has 1 amide bonds. The van der Waals surface area contributed by atoms with E-state index in [1.807, 2.05) is 0 Å². The maximum Gasteiger partial charge on any atom is 0.244 e. The van der Waals surface area contributed by atoms with Crippen LogP contribution in [0.4, 0.5) is 0 Å². The second-order valence-electron chi connectivity index (χ2n) is 3.57. The third kappa shape index (κ3) is 4.80. The quantitative estimate of drug-likeness (QED) is 0.660. The van der Waals surface area contributed by atoms with E-state index in [1.54, 1.807) is 30.1 Å². The fourth-order valence-corrected chi connectivity index (χ4v) is 1.24. The van der Waals surface area contributed by atoms with Gasteiger partial charge in [0.2, 0.25) is 5.91 Å². The van der Waals surface area contributed by atoms with Gasteiger partial charge in [0.1, 0.15) is 0 Å². The van der Waals surface area contributed by atoms with Crippen molar-refractivity contribution in [2.24, 2.45) is 7.05 Å². The van der Waals surface area contributed by atoms with Gasteiger partial charge in [-0.05, 0) is 12.1 Å². The molecule has 0 aliphatic rings. The Bertz CT molecular complexity index is 387. The number of carbonyl (C=O) groups excluding carboxylic acids is 1. The van der Waals surface area contributed by atoms with Crippen molar-refractivity contribution >= 4 is 12.0 Å². The zero-order valence-corrected chi connectivity index (χ0v) is 9.96. The molecular weight excluding hydrogens is 222 g/mol. The van der Waals surface area contributed by atoms with Crippen molar-refractivity contribution in [2.75, 3.05) is 20.3 Å². The summed E-state index contributed by atoms with van der Waals surface area (Å²) in [5.41, 5.74) is 0.831. The van der Waals surface area contributed by atoms with Gasteiger partial charge in [-0.15, -0.1) is 0 Å². The van der Waals surface area contributed by atoms with Crippen LogP contribution in [0, 0.1) is 0 Å². The van der Waals surface area contributed by atoms with E-state index in [-0.39, 0.29) is 19.1 Å². The molecule has 0 saturated heterocycles. The number of rotatable bonds is 6. The largest absolute Gasteiger partial charge is 0.389 e. The highest BCUT2D eigenvalue weighted by molar-refractivity contribution is 5.91. The number of hydrogen-bond acceptors (Lipinski definition) is 4. The van der Waals surface area contributed by atoms with Gasteiger partial charge in [-0.3, -0.25) is 9.48 Å². The first kappa shape index (κ1) is 13.4. The van der Waals surface area contributed by atoms with Crippen LogP contribution in [0.5, 0.6) is 0 Å². The van der Waals surface area contributed by atoms with Crippen molar-refractivity contribution in [3.05, 3.63) is 24.0 Å². The smallest absolute Gasteiger partial charge is 0.244 e. The summed E-state index contributed by atoms with van der Waals surface area (Å²) in [6.07, 6.45) is 4.02. The lowest BCUT2D eigenvalue weighted by atomic mass is 10.3. The standard InChI is InChI=1S/C11H17N3O3/c1-14-9(5-6-13-14)3-4-11(16)12-7-10(15)8-17-2/h3-6,10,15H,7-8H2,1-2H3,(H,12,16). The van der Waals surface area contributed by atoms with Gasteiger partial charge in [0.05, 0.1) is 18.4 Å². The normalized spacial score (nSPS) is 12.9. The molecule has 6 nitrogen and oxygen atoms in total. The van der Waals surface area contributed by atoms with E-state index in [9.17, 15) is 9.90 Å². The Hall–Kier alpha value is -1.66. The summed E-state index contributed by atoms with van der Waals surface area (Å²) >= 11 is 0. The summed E-state index contributed by atoms with van der Waals surface area (Å²) in [6.45, 7) is 0.369. The summed E-state index contributed by atoms with van der Waals surface area (Å²) < 4.78 is 6.40. The van der Waals surface area contributed by atoms with E-state index in [0.29, 0.717) is 0 Å². The van der Waals surface area contributed by atoms with Crippen molar-refractivity contribution in [1.82, 2.24) is 15.1 Å². The molecule has 1 rings (SSSR count). The third-order valence-corrected chi connectivity index (χ3v) is 2.14. The number of nitrogens with one attached hydrogen (secondary N) is 1. The molecule has 94 valence electrons. The Morgan fingerprint density at radius 3 is 3.12 bits per heavy atom. The topological polar surface area (TPSA) is 76.4 Å². The number of aliphatic hydroxyl groups excluding tert-OH is 1. The first-order valence-corrected chi connectivity index (χ1v) is 5.24. The predicted molar refractivity (Wildman–Crippen MR) is 63.1 cm³/mol. The second-order valence-corrected chi connectivity index (χ2v) is 3.57. The van der Waals surface area contributed by atoms with E-state index >= 15 is 0 Å². The van der Waals surface area contributed by atoms with E-state index in [2.05, 4.69) is 10.4 Å². The number of hydrogen-bond donors (Lipinski definition) is 2. The Balaban J connectivity index is 2.35. The minimum absolute atomic E-state index is 0.169. The fourth-order valence-electron chi connectivity index (χ4n) is 1.24. The Kier molecular flexibility index (Phi) is 5.38. The van der Waals surface area contributed by atoms with Crippen LogP contribution in [0.25, 0.3) is 6.08 Å². The molecule has 17 heavy (non-hydrogen) atoms. The van der Waals surface area contributed by atoms with Crippen molar-refractivity contribution < 1.29 is 14.6 Å². The van der Waals surface area contributed by atoms with Gasteiger partial charge in [-0.2, -0.15) is 5.10 Å². The maximum atomic E-state index is 11.4. The highest BCUT2D eigenvalue weighted by atomic mass is 16.5. The molecule has 0 bridgehead atoms. The molecule has 2 N–H and O–H groups in total. The first-order valence-electron chi connectivity index (χ1n) is 5.24. The van der Waals surface area contributed by atoms with E-state index in [4.69, 9.17) is 4.74 Å². The van der Waals surface area contributed by atoms with Crippen LogP contribution in [-0.4, -0.2) is 47.2 Å². The van der Waals surface area contributed by atoms with Gasteiger partial charge in [-0.1, -0.05) is 0 Å². The zero-order valence-electron chi connectivity index (χ0n) is 9.96. The molecule has 0 aliphatic heterocycles. The number of amides is 1. The van der Waals surface area contributed by atoms with Crippen LogP contribution in [-0.2, 0) is 16.6 Å². The van der Waals surface area contributed by atoms with E-state index < -0.39 is 6.10 Å². The molecular formula is C11H17N3O3. The van der Waals surface area contributed by atoms with Gasteiger partial charge in [0.15, 0.2) is 0 Å². The van der Waals surface area contributed by atoms with Crippen molar-refractivity contribution in [2.45, 2.75) is 6.10 Å². The monoisotopic (exact) mass is 239 g/mol. The second kappa shape index (κ2) is 6.82. The molecule has 0 saturated carbocycles. The minimum atomic E-state index is -0.686. The minimum Gasteiger partial charge on any atom is -0.389 e. The zero-order chi connectivity index (χ0) is 12.7. The predicted octanol–water partition coefficient (Wildman–Crippen LogP) is -0.443. The van der Waals surface area contributed by atoms with Gasteiger partial charge in [0.25, 0.3) is 0 Å². The molecule has 1 aromatic heterocycles. The molecule has 0 radical (unpaired) electrons. The molecule has 1 unspecified atom stereocenters. The third-order valence-electron chi connectivity index (χ3n) is 2.14. The summed E-state index contributed by atoms with van der Waals surface area (Å²) in [4.78, 5) is 11.4. The molecule has 1 heterocycles. The lowest BCUT2D eigenvalue weighted by Gasteiger charge is -2.08. The van der Waals surface area contributed by atoms with E-state index in [0.717, 1.165) is 5.69 Å². The molecule has 1 atom stereocenters. The van der Waals surface area contributed by atoms with Gasteiger partial charge < -0.3 is 15.2 Å². The Morgan fingerprint density at radius 2 is 2.53 bits per heavy atom. The van der Waals surface area contributed by atoms with Crippen molar-refractivity contribution in [1.29, 1.82) is 0 Å². The van der Waals surface area contributed by atoms with Crippen LogP contribution in [0.2, 0.25) is 0 Å². The molecule has 0 aromatic carbocycles. The SMILES string of the molecule is COCC(O)CNC(=O)C=Cc1ccnn1C. The number of aryl methyl sites for hydroxylation is 1. The first-order chi connectivity index (χ1) is 8.13. The lowest BCUT2D eigenvalue weighted by molar-refractivity contribution is -0.117. The Morgan fingerprint density at radius 1 is 1.76 bits per heavy atom. The number of nitrogens with zero attached hydrogens (tertiary/aromatic N) is 2. The summed E-state index contributed by atoms with van der Waals surface area (Å²) in [5, 5.41) is 15.9. The maximum absolute atomic E-state index is 11.4. The number of carbonyl (C=O) groups is 1. The lowest BCUT2D eigenvalue weighted by Crippen LogP contribution is -2.33. The average Bonchev–Trinajstić information content (AvgIpc) is 2.70. The van der Waals surface area contributed by atoms with Crippen LogP contribution < -0.4 is 5.32 Å². The number of aliphatic hydroxyl groups is 1. The van der Waals surface area contributed by atoms with Crippen LogP contribution in [0.15, 0.2) is 18.3 Å². The average molecular weight is 239 g/mol. The highest BCUT2D eigenvalue weighted by Crippen LogP contribution is 1.98.